The Kier molecular flexibility index (Phi) is 13.0. The van der Waals surface area contributed by atoms with Crippen molar-refractivity contribution in [3.63, 3.8) is 0 Å². The summed E-state index contributed by atoms with van der Waals surface area (Å²) in [7, 11) is 0. The average Bonchev–Trinajstić information content (AvgIpc) is 2.50. The molecule has 0 N–H and O–H groups in total. The first-order valence-corrected chi connectivity index (χ1v) is 9.04. The van der Waals surface area contributed by atoms with Crippen LogP contribution in [0.5, 0.6) is 0 Å². The second-order valence-corrected chi connectivity index (χ2v) is 6.24. The molecule has 136 valence electrons. The lowest BCUT2D eigenvalue weighted by molar-refractivity contribution is -0.174. The number of carbonyl (C=O) groups is 2. The van der Waals surface area contributed by atoms with E-state index in [2.05, 4.69) is 6.92 Å². The third kappa shape index (κ3) is 13.3. The van der Waals surface area contributed by atoms with Gasteiger partial charge < -0.3 is 0 Å². The van der Waals surface area contributed by atoms with Gasteiger partial charge in [0, 0.05) is 6.42 Å². The van der Waals surface area contributed by atoms with Crippen LogP contribution in [0.3, 0.4) is 0 Å². The summed E-state index contributed by atoms with van der Waals surface area (Å²) in [6.45, 7) is 2.21. The molecule has 0 saturated carbocycles. The fourth-order valence-corrected chi connectivity index (χ4v) is 2.57. The molecule has 0 aromatic heterocycles. The van der Waals surface area contributed by atoms with Gasteiger partial charge in [-0.1, -0.05) is 84.0 Å². The van der Waals surface area contributed by atoms with Crippen molar-refractivity contribution in [2.45, 2.75) is 103 Å². The predicted molar refractivity (Wildman–Crippen MR) is 86.4 cm³/mol. The van der Waals surface area contributed by atoms with Gasteiger partial charge in [0.25, 0.3) is 0 Å². The Morgan fingerprint density at radius 3 is 1.35 bits per heavy atom. The van der Waals surface area contributed by atoms with E-state index in [0.29, 0.717) is 12.8 Å². The van der Waals surface area contributed by atoms with E-state index in [1.165, 1.54) is 51.4 Å². The minimum absolute atomic E-state index is 0.282. The Labute approximate surface area is 138 Å². The highest BCUT2D eigenvalue weighted by Gasteiger charge is 2.42. The summed E-state index contributed by atoms with van der Waals surface area (Å²) >= 11 is 0. The van der Waals surface area contributed by atoms with Crippen molar-refractivity contribution in [3.8, 4) is 0 Å². The first-order valence-electron chi connectivity index (χ1n) is 9.04. The summed E-state index contributed by atoms with van der Waals surface area (Å²) in [5.74, 6) is -3.52. The lowest BCUT2D eigenvalue weighted by Crippen LogP contribution is -2.30. The van der Waals surface area contributed by atoms with Gasteiger partial charge in [-0.3, -0.25) is 9.59 Å². The van der Waals surface area contributed by atoms with Crippen molar-refractivity contribution in [2.75, 3.05) is 0 Å². The Balaban J connectivity index is 3.31. The molecule has 0 aliphatic heterocycles. The van der Waals surface area contributed by atoms with Crippen LogP contribution < -0.4 is 0 Å². The summed E-state index contributed by atoms with van der Waals surface area (Å²) in [6, 6.07) is 0. The van der Waals surface area contributed by atoms with Gasteiger partial charge >= 0.3 is 12.0 Å². The van der Waals surface area contributed by atoms with Gasteiger partial charge in [0.05, 0.1) is 0 Å². The van der Waals surface area contributed by atoms with Crippen molar-refractivity contribution in [1.29, 1.82) is 0 Å². The fourth-order valence-electron chi connectivity index (χ4n) is 2.57. The highest BCUT2D eigenvalue weighted by molar-refractivity contribution is 6.39. The van der Waals surface area contributed by atoms with E-state index < -0.39 is 17.7 Å². The summed E-state index contributed by atoms with van der Waals surface area (Å²) in [6.07, 6.45) is 9.25. The molecule has 0 aliphatic carbocycles. The molecule has 0 amide bonds. The van der Waals surface area contributed by atoms with Gasteiger partial charge in [-0.2, -0.15) is 13.2 Å². The Bertz CT molecular complexity index is 325. The number of hydrogen-bond donors (Lipinski definition) is 0. The van der Waals surface area contributed by atoms with Gasteiger partial charge in [-0.25, -0.2) is 0 Å². The van der Waals surface area contributed by atoms with Crippen LogP contribution in [0, 0.1) is 0 Å². The molecule has 0 aromatic rings. The van der Waals surface area contributed by atoms with E-state index in [1.807, 2.05) is 0 Å². The molecule has 0 fully saturated rings. The average molecular weight is 336 g/mol. The molecule has 0 atom stereocenters. The van der Waals surface area contributed by atoms with Crippen LogP contribution in [0.25, 0.3) is 0 Å². The van der Waals surface area contributed by atoms with Crippen molar-refractivity contribution in [2.24, 2.45) is 0 Å². The maximum absolute atomic E-state index is 12.0. The van der Waals surface area contributed by atoms with Crippen molar-refractivity contribution >= 4 is 11.6 Å². The number of rotatable bonds is 15. The van der Waals surface area contributed by atoms with Gasteiger partial charge in [0.1, 0.15) is 0 Å². The number of unbranched alkanes of at least 4 members (excludes halogenated alkanes) is 12. The molecule has 0 heterocycles. The number of ketones is 2. The van der Waals surface area contributed by atoms with Gasteiger partial charge in [0.2, 0.25) is 5.78 Å². The molecular weight excluding hydrogens is 305 g/mol. The van der Waals surface area contributed by atoms with E-state index in [0.717, 1.165) is 19.3 Å². The molecule has 0 saturated heterocycles. The predicted octanol–water partition coefficient (Wildman–Crippen LogP) is 6.17. The third-order valence-electron chi connectivity index (χ3n) is 4.02. The Morgan fingerprint density at radius 2 is 1.00 bits per heavy atom. The summed E-state index contributed by atoms with van der Waals surface area (Å²) in [4.78, 5) is 21.7. The summed E-state index contributed by atoms with van der Waals surface area (Å²) in [5, 5.41) is 0. The molecule has 0 radical (unpaired) electrons. The molecule has 0 rings (SSSR count). The van der Waals surface area contributed by atoms with Crippen molar-refractivity contribution in [1.82, 2.24) is 0 Å². The van der Waals surface area contributed by atoms with Crippen LogP contribution in [0.2, 0.25) is 0 Å². The molecule has 0 bridgehead atoms. The first kappa shape index (κ1) is 22.1. The molecule has 23 heavy (non-hydrogen) atoms. The largest absolute Gasteiger partial charge is 0.458 e. The lowest BCUT2D eigenvalue weighted by Gasteiger charge is -2.04. The van der Waals surface area contributed by atoms with E-state index in [9.17, 15) is 22.8 Å². The van der Waals surface area contributed by atoms with E-state index in [4.69, 9.17) is 0 Å². The number of alkyl halides is 3. The zero-order valence-corrected chi connectivity index (χ0v) is 14.3. The Morgan fingerprint density at radius 1 is 0.652 bits per heavy atom. The van der Waals surface area contributed by atoms with Crippen LogP contribution in [-0.2, 0) is 9.59 Å². The minimum Gasteiger partial charge on any atom is -0.291 e. The normalized spacial score (nSPS) is 11.7. The molecule has 2 nitrogen and oxygen atoms in total. The zero-order valence-electron chi connectivity index (χ0n) is 14.3. The first-order chi connectivity index (χ1) is 10.9. The van der Waals surface area contributed by atoms with Crippen LogP contribution in [0.4, 0.5) is 13.2 Å². The molecule has 0 aliphatic rings. The van der Waals surface area contributed by atoms with Gasteiger partial charge in [0.15, 0.2) is 0 Å². The zero-order chi connectivity index (χ0) is 17.6. The molecular formula is C18H31F3O2. The maximum Gasteiger partial charge on any atom is 0.458 e. The number of Topliss-reactive ketones (excluding diaryl/α,β-unsaturated/α-hetero) is 2. The standard InChI is InChI=1S/C18H31F3O2/c1-2-3-4-5-6-7-8-9-10-11-12-13-14-15-16(22)17(23)18(19,20)21/h2-15H2,1H3. The molecule has 0 spiro atoms. The summed E-state index contributed by atoms with van der Waals surface area (Å²) < 4.78 is 36.0. The van der Waals surface area contributed by atoms with Crippen LogP contribution in [0.1, 0.15) is 96.8 Å². The van der Waals surface area contributed by atoms with Gasteiger partial charge in [-0.15, -0.1) is 0 Å². The van der Waals surface area contributed by atoms with Gasteiger partial charge in [-0.05, 0) is 6.42 Å². The third-order valence-corrected chi connectivity index (χ3v) is 4.02. The lowest BCUT2D eigenvalue weighted by atomic mass is 10.0. The van der Waals surface area contributed by atoms with Crippen LogP contribution in [-0.4, -0.2) is 17.7 Å². The number of carbonyl (C=O) groups excluding carboxylic acids is 2. The van der Waals surface area contributed by atoms with E-state index >= 15 is 0 Å². The maximum atomic E-state index is 12.0. The molecule has 0 unspecified atom stereocenters. The molecule has 5 heteroatoms. The summed E-state index contributed by atoms with van der Waals surface area (Å²) in [5.41, 5.74) is 0. The Hall–Kier alpha value is -0.870. The van der Waals surface area contributed by atoms with Crippen molar-refractivity contribution < 1.29 is 22.8 Å². The molecule has 0 aromatic carbocycles. The minimum atomic E-state index is -5.02. The van der Waals surface area contributed by atoms with Crippen molar-refractivity contribution in [3.05, 3.63) is 0 Å². The van der Waals surface area contributed by atoms with E-state index in [1.54, 1.807) is 0 Å². The second-order valence-electron chi connectivity index (χ2n) is 6.24. The quantitative estimate of drug-likeness (QED) is 0.265. The van der Waals surface area contributed by atoms with Crippen LogP contribution in [0.15, 0.2) is 0 Å². The van der Waals surface area contributed by atoms with E-state index in [-0.39, 0.29) is 6.42 Å². The monoisotopic (exact) mass is 336 g/mol. The highest BCUT2D eigenvalue weighted by atomic mass is 19.4. The van der Waals surface area contributed by atoms with Crippen LogP contribution >= 0.6 is 0 Å². The highest BCUT2D eigenvalue weighted by Crippen LogP contribution is 2.18. The SMILES string of the molecule is CCCCCCCCCCCCCCCC(=O)C(=O)C(F)(F)F. The number of halogens is 3. The topological polar surface area (TPSA) is 34.1 Å². The second kappa shape index (κ2) is 13.6. The fraction of sp³-hybridized carbons (Fsp3) is 0.889. The smallest absolute Gasteiger partial charge is 0.291 e. The number of hydrogen-bond acceptors (Lipinski definition) is 2.